The Morgan fingerprint density at radius 3 is 2.38 bits per heavy atom. The molecular weight excluding hydrogens is 560 g/mol. The highest BCUT2D eigenvalue weighted by Crippen LogP contribution is 2.58. The molecule has 6 nitrogen and oxygen atoms in total. The lowest BCUT2D eigenvalue weighted by Crippen LogP contribution is -2.51. The predicted molar refractivity (Wildman–Crippen MR) is 177 cm³/mol. The van der Waals surface area contributed by atoms with Crippen molar-refractivity contribution >= 4 is 34.4 Å². The molecule has 1 N–H and O–H groups in total. The van der Waals surface area contributed by atoms with Gasteiger partial charge < -0.3 is 15.0 Å². The lowest BCUT2D eigenvalue weighted by molar-refractivity contribution is -0.121. The SMILES string of the molecule is COc1cccc(C(=O)[C@@H]2[C@H](C(=O)c3ccc(CC(C)C)cc3)[C@]3(C(=O)Nc4ccccc43)[C@@H]3C=C(C)c4ccccc4N23)c1. The number of hydrogen-bond donors (Lipinski definition) is 1. The van der Waals surface area contributed by atoms with Crippen LogP contribution in [-0.4, -0.2) is 36.7 Å². The van der Waals surface area contributed by atoms with Gasteiger partial charge in [-0.05, 0) is 60.2 Å². The van der Waals surface area contributed by atoms with E-state index >= 15 is 4.79 Å². The topological polar surface area (TPSA) is 75.7 Å². The summed E-state index contributed by atoms with van der Waals surface area (Å²) >= 11 is 0. The van der Waals surface area contributed by atoms with E-state index in [1.54, 1.807) is 31.4 Å². The Labute approximate surface area is 263 Å². The fraction of sp³-hybridized carbons (Fsp3) is 0.256. The Kier molecular flexibility index (Phi) is 6.96. The largest absolute Gasteiger partial charge is 0.497 e. The normalized spacial score (nSPS) is 22.9. The molecule has 1 spiro atoms. The van der Waals surface area contributed by atoms with Crippen molar-refractivity contribution in [1.29, 1.82) is 0 Å². The molecule has 1 saturated heterocycles. The Morgan fingerprint density at radius 1 is 0.889 bits per heavy atom. The Morgan fingerprint density at radius 2 is 1.62 bits per heavy atom. The van der Waals surface area contributed by atoms with Crippen molar-refractivity contribution < 1.29 is 19.1 Å². The second kappa shape index (κ2) is 10.9. The number of carbonyl (C=O) groups excluding carboxylic acids is 3. The second-order valence-electron chi connectivity index (χ2n) is 12.8. The van der Waals surface area contributed by atoms with Crippen molar-refractivity contribution in [3.8, 4) is 5.75 Å². The molecule has 6 heteroatoms. The van der Waals surface area contributed by atoms with E-state index < -0.39 is 23.4 Å². The number of allylic oxidation sites excluding steroid dienone is 1. The van der Waals surface area contributed by atoms with Gasteiger partial charge in [-0.25, -0.2) is 0 Å². The Bertz CT molecular complexity index is 1870. The van der Waals surface area contributed by atoms with Crippen LogP contribution >= 0.6 is 0 Å². The van der Waals surface area contributed by atoms with Gasteiger partial charge in [0.15, 0.2) is 11.6 Å². The third kappa shape index (κ3) is 4.34. The van der Waals surface area contributed by atoms with Gasteiger partial charge in [-0.1, -0.05) is 92.7 Å². The second-order valence-corrected chi connectivity index (χ2v) is 12.8. The van der Waals surface area contributed by atoms with Crippen molar-refractivity contribution in [2.75, 3.05) is 17.3 Å². The summed E-state index contributed by atoms with van der Waals surface area (Å²) in [5, 5.41) is 3.11. The molecule has 1 amide bonds. The summed E-state index contributed by atoms with van der Waals surface area (Å²) in [7, 11) is 1.56. The zero-order valence-electron chi connectivity index (χ0n) is 25.9. The number of para-hydroxylation sites is 2. The van der Waals surface area contributed by atoms with E-state index in [0.717, 1.165) is 34.4 Å². The number of ether oxygens (including phenoxy) is 1. The zero-order valence-corrected chi connectivity index (χ0v) is 25.9. The van der Waals surface area contributed by atoms with Crippen LogP contribution in [0.5, 0.6) is 5.75 Å². The molecular formula is C39H36N2O4. The molecule has 4 aromatic carbocycles. The minimum Gasteiger partial charge on any atom is -0.497 e. The highest BCUT2D eigenvalue weighted by atomic mass is 16.5. The molecule has 3 aliphatic rings. The van der Waals surface area contributed by atoms with E-state index in [1.807, 2.05) is 84.6 Å². The average Bonchev–Trinajstić information content (AvgIpc) is 3.52. The number of hydrogen-bond acceptors (Lipinski definition) is 5. The molecule has 3 aliphatic heterocycles. The average molecular weight is 597 g/mol. The third-order valence-electron chi connectivity index (χ3n) is 9.67. The highest BCUT2D eigenvalue weighted by molar-refractivity contribution is 6.18. The van der Waals surface area contributed by atoms with Crippen molar-refractivity contribution in [3.05, 3.63) is 131 Å². The highest BCUT2D eigenvalue weighted by Gasteiger charge is 2.70. The van der Waals surface area contributed by atoms with Gasteiger partial charge in [-0.3, -0.25) is 14.4 Å². The van der Waals surface area contributed by atoms with Crippen LogP contribution in [0.2, 0.25) is 0 Å². The first-order valence-corrected chi connectivity index (χ1v) is 15.5. The third-order valence-corrected chi connectivity index (χ3v) is 9.67. The summed E-state index contributed by atoms with van der Waals surface area (Å²) in [4.78, 5) is 46.7. The molecule has 3 heterocycles. The number of Topliss-reactive ketones (excluding diaryl/α,β-unsaturated/α-hetero) is 2. The van der Waals surface area contributed by atoms with E-state index in [9.17, 15) is 9.59 Å². The fourth-order valence-corrected chi connectivity index (χ4v) is 7.79. The number of methoxy groups -OCH3 is 1. The first kappa shape index (κ1) is 28.8. The Balaban J connectivity index is 1.50. The van der Waals surface area contributed by atoms with Crippen LogP contribution in [0, 0.1) is 11.8 Å². The molecule has 4 aromatic rings. The number of nitrogens with zero attached hydrogens (tertiary/aromatic N) is 1. The van der Waals surface area contributed by atoms with Crippen molar-refractivity contribution in [3.63, 3.8) is 0 Å². The molecule has 0 saturated carbocycles. The summed E-state index contributed by atoms with van der Waals surface area (Å²) in [6.45, 7) is 6.36. The van der Waals surface area contributed by atoms with Gasteiger partial charge >= 0.3 is 0 Å². The van der Waals surface area contributed by atoms with E-state index in [2.05, 4.69) is 25.2 Å². The maximum absolute atomic E-state index is 15.1. The summed E-state index contributed by atoms with van der Waals surface area (Å²) < 4.78 is 5.48. The summed E-state index contributed by atoms with van der Waals surface area (Å²) in [6, 6.07) is 28.7. The van der Waals surface area contributed by atoms with Crippen LogP contribution in [-0.2, 0) is 16.6 Å². The molecule has 0 aliphatic carbocycles. The van der Waals surface area contributed by atoms with Gasteiger partial charge in [0.05, 0.1) is 19.1 Å². The summed E-state index contributed by atoms with van der Waals surface area (Å²) in [6.07, 6.45) is 2.97. The minimum atomic E-state index is -1.35. The molecule has 0 unspecified atom stereocenters. The first-order valence-electron chi connectivity index (χ1n) is 15.5. The number of rotatable bonds is 7. The van der Waals surface area contributed by atoms with Crippen LogP contribution in [0.1, 0.15) is 58.2 Å². The standard InChI is InChI=1S/C39H36N2O4/c1-23(2)20-25-16-18-26(19-17-25)36(42)34-35(37(43)27-10-9-11-28(22-27)45-4)41-32-15-8-5-12-29(32)24(3)21-33(41)39(34)30-13-6-7-14-31(30)40-38(39)44/h5-19,21-23,33-35H,20H2,1-4H3,(H,40,44)/t33-,34+,35-,39+/m0/s1. The molecule has 1 fully saturated rings. The number of carbonyl (C=O) groups is 3. The van der Waals surface area contributed by atoms with Crippen molar-refractivity contribution in [2.45, 2.75) is 44.7 Å². The number of fused-ring (bicyclic) bond motifs is 6. The van der Waals surface area contributed by atoms with Crippen LogP contribution in [0.15, 0.2) is 103 Å². The van der Waals surface area contributed by atoms with Gasteiger partial charge in [0.2, 0.25) is 5.91 Å². The van der Waals surface area contributed by atoms with Gasteiger partial charge in [0, 0.05) is 28.1 Å². The molecule has 0 bridgehead atoms. The van der Waals surface area contributed by atoms with Crippen molar-refractivity contribution in [2.24, 2.45) is 11.8 Å². The maximum Gasteiger partial charge on any atom is 0.238 e. The predicted octanol–water partition coefficient (Wildman–Crippen LogP) is 7.14. The molecule has 0 aromatic heterocycles. The number of amides is 1. The summed E-state index contributed by atoms with van der Waals surface area (Å²) in [5.41, 5.74) is 4.93. The van der Waals surface area contributed by atoms with Gasteiger partial charge in [0.25, 0.3) is 0 Å². The number of nitrogens with one attached hydrogen (secondary N) is 1. The molecule has 226 valence electrons. The number of ketones is 2. The lowest BCUT2D eigenvalue weighted by Gasteiger charge is -2.39. The smallest absolute Gasteiger partial charge is 0.238 e. The van der Waals surface area contributed by atoms with Crippen LogP contribution in [0.4, 0.5) is 11.4 Å². The van der Waals surface area contributed by atoms with E-state index in [4.69, 9.17) is 4.74 Å². The first-order chi connectivity index (χ1) is 21.7. The lowest BCUT2D eigenvalue weighted by atomic mass is 9.64. The van der Waals surface area contributed by atoms with Crippen LogP contribution in [0.25, 0.3) is 5.57 Å². The monoisotopic (exact) mass is 596 g/mol. The van der Waals surface area contributed by atoms with Gasteiger partial charge in [-0.15, -0.1) is 0 Å². The quantitative estimate of drug-likeness (QED) is 0.230. The van der Waals surface area contributed by atoms with Crippen LogP contribution < -0.4 is 15.0 Å². The number of anilines is 2. The Hall–Kier alpha value is -4.97. The molecule has 0 radical (unpaired) electrons. The van der Waals surface area contributed by atoms with Crippen LogP contribution in [0.3, 0.4) is 0 Å². The minimum absolute atomic E-state index is 0.225. The van der Waals surface area contributed by atoms with Gasteiger partial charge in [-0.2, -0.15) is 0 Å². The zero-order chi connectivity index (χ0) is 31.5. The van der Waals surface area contributed by atoms with E-state index in [0.29, 0.717) is 28.5 Å². The molecule has 45 heavy (non-hydrogen) atoms. The molecule has 7 rings (SSSR count). The molecule has 4 atom stereocenters. The van der Waals surface area contributed by atoms with E-state index in [-0.39, 0.29) is 17.5 Å². The van der Waals surface area contributed by atoms with E-state index in [1.165, 1.54) is 0 Å². The number of benzene rings is 4. The maximum atomic E-state index is 15.1. The van der Waals surface area contributed by atoms with Gasteiger partial charge in [0.1, 0.15) is 17.2 Å². The van der Waals surface area contributed by atoms with Crippen molar-refractivity contribution in [1.82, 2.24) is 0 Å². The summed E-state index contributed by atoms with van der Waals surface area (Å²) in [5.74, 6) is -0.719. The fourth-order valence-electron chi connectivity index (χ4n) is 7.79.